The molecular formula is C22H28ClNO5. The quantitative estimate of drug-likeness (QED) is 0.492. The third kappa shape index (κ3) is 6.80. The van der Waals surface area contributed by atoms with E-state index in [1.807, 2.05) is 42.5 Å². The van der Waals surface area contributed by atoms with Crippen LogP contribution in [0.3, 0.4) is 0 Å². The highest BCUT2D eigenvalue weighted by Crippen LogP contribution is 2.33. The summed E-state index contributed by atoms with van der Waals surface area (Å²) in [6.45, 7) is -0.0905. The summed E-state index contributed by atoms with van der Waals surface area (Å²) in [7, 11) is 2.51. The van der Waals surface area contributed by atoms with Gasteiger partial charge in [0.15, 0.2) is 0 Å². The lowest BCUT2D eigenvalue weighted by Gasteiger charge is -2.32. The van der Waals surface area contributed by atoms with Gasteiger partial charge in [-0.15, -0.1) is 0 Å². The molecule has 0 radical (unpaired) electrons. The maximum absolute atomic E-state index is 10.1. The normalized spacial score (nSPS) is 21.5. The third-order valence-electron chi connectivity index (χ3n) is 4.70. The molecule has 3 rings (SSSR count). The van der Waals surface area contributed by atoms with Crippen LogP contribution in [-0.4, -0.2) is 54.6 Å². The number of hydrogen-bond acceptors (Lipinski definition) is 6. The SMILES string of the molecule is CO.CO/N=C/c1ccc(Cc2cc(C3CC(O)CC(CO)O3)ccc2Cl)cc1. The van der Waals surface area contributed by atoms with Crippen molar-refractivity contribution in [1.29, 1.82) is 0 Å². The molecule has 0 aromatic heterocycles. The maximum atomic E-state index is 10.1. The minimum atomic E-state index is -0.471. The monoisotopic (exact) mass is 421 g/mol. The van der Waals surface area contributed by atoms with E-state index in [1.165, 1.54) is 7.11 Å². The molecule has 29 heavy (non-hydrogen) atoms. The van der Waals surface area contributed by atoms with E-state index in [4.69, 9.17) is 21.4 Å². The molecule has 1 fully saturated rings. The van der Waals surface area contributed by atoms with Gasteiger partial charge < -0.3 is 24.9 Å². The largest absolute Gasteiger partial charge is 0.400 e. The van der Waals surface area contributed by atoms with E-state index < -0.39 is 6.10 Å². The number of hydrogen-bond donors (Lipinski definition) is 3. The zero-order chi connectivity index (χ0) is 21.2. The van der Waals surface area contributed by atoms with Crippen LogP contribution in [-0.2, 0) is 16.0 Å². The van der Waals surface area contributed by atoms with Gasteiger partial charge in [-0.3, -0.25) is 0 Å². The van der Waals surface area contributed by atoms with E-state index in [-0.39, 0.29) is 18.8 Å². The molecule has 6 nitrogen and oxygen atoms in total. The minimum absolute atomic E-state index is 0.0905. The smallest absolute Gasteiger partial charge is 0.106 e. The van der Waals surface area contributed by atoms with Gasteiger partial charge in [0.2, 0.25) is 0 Å². The zero-order valence-electron chi connectivity index (χ0n) is 16.7. The molecule has 0 bridgehead atoms. The summed E-state index contributed by atoms with van der Waals surface area (Å²) in [5.74, 6) is 0. The van der Waals surface area contributed by atoms with E-state index in [9.17, 15) is 10.2 Å². The van der Waals surface area contributed by atoms with Crippen molar-refractivity contribution in [1.82, 2.24) is 0 Å². The summed E-state index contributed by atoms with van der Waals surface area (Å²) < 4.78 is 5.91. The minimum Gasteiger partial charge on any atom is -0.400 e. The molecule has 1 saturated heterocycles. The van der Waals surface area contributed by atoms with E-state index in [1.54, 1.807) is 6.21 Å². The number of benzene rings is 2. The maximum Gasteiger partial charge on any atom is 0.106 e. The average Bonchev–Trinajstić information content (AvgIpc) is 2.75. The molecule has 3 unspecified atom stereocenters. The second-order valence-electron chi connectivity index (χ2n) is 6.74. The Balaban J connectivity index is 0.00000145. The van der Waals surface area contributed by atoms with E-state index >= 15 is 0 Å². The Morgan fingerprint density at radius 1 is 1.17 bits per heavy atom. The number of oxime groups is 1. The van der Waals surface area contributed by atoms with Gasteiger partial charge >= 0.3 is 0 Å². The summed E-state index contributed by atoms with van der Waals surface area (Å²) in [6, 6.07) is 13.8. The van der Waals surface area contributed by atoms with Crippen LogP contribution in [0.25, 0.3) is 0 Å². The van der Waals surface area contributed by atoms with Gasteiger partial charge in [-0.2, -0.15) is 0 Å². The second kappa shape index (κ2) is 11.9. The Labute approximate surface area is 176 Å². The standard InChI is InChI=1S/C21H24ClNO4.CH4O/c1-26-23-12-15-4-2-14(3-5-15)8-17-9-16(6-7-20(17)22)21-11-18(25)10-19(13-24)27-21;1-2/h2-7,9,12,18-19,21,24-25H,8,10-11,13H2,1H3;2H,1H3/b23-12+;. The molecule has 1 heterocycles. The summed E-state index contributed by atoms with van der Waals surface area (Å²) in [5, 5.41) is 30.9. The molecule has 0 amide bonds. The fourth-order valence-electron chi connectivity index (χ4n) is 3.31. The first-order chi connectivity index (χ1) is 14.1. The summed E-state index contributed by atoms with van der Waals surface area (Å²) in [6.07, 6.45) is 2.28. The molecule has 7 heteroatoms. The molecule has 1 aliphatic rings. The van der Waals surface area contributed by atoms with Gasteiger partial charge in [0.05, 0.1) is 31.1 Å². The lowest BCUT2D eigenvalue weighted by Crippen LogP contribution is -2.33. The Hall–Kier alpha value is -1.96. The molecular weight excluding hydrogens is 394 g/mol. The first-order valence-corrected chi connectivity index (χ1v) is 9.79. The van der Waals surface area contributed by atoms with Crippen LogP contribution < -0.4 is 0 Å². The second-order valence-corrected chi connectivity index (χ2v) is 7.15. The third-order valence-corrected chi connectivity index (χ3v) is 5.07. The Kier molecular flexibility index (Phi) is 9.57. The molecule has 3 N–H and O–H groups in total. The van der Waals surface area contributed by atoms with Crippen LogP contribution in [0.15, 0.2) is 47.6 Å². The molecule has 158 valence electrons. The predicted octanol–water partition coefficient (Wildman–Crippen LogP) is 3.09. The highest BCUT2D eigenvalue weighted by Gasteiger charge is 2.29. The van der Waals surface area contributed by atoms with Crippen LogP contribution in [0, 0.1) is 0 Å². The van der Waals surface area contributed by atoms with Gasteiger partial charge in [0, 0.05) is 25.0 Å². The van der Waals surface area contributed by atoms with Crippen LogP contribution in [0.1, 0.15) is 41.2 Å². The molecule has 0 spiro atoms. The Morgan fingerprint density at radius 3 is 2.55 bits per heavy atom. The van der Waals surface area contributed by atoms with E-state index in [0.717, 1.165) is 29.4 Å². The molecule has 3 atom stereocenters. The van der Waals surface area contributed by atoms with Crippen molar-refractivity contribution >= 4 is 17.8 Å². The fraction of sp³-hybridized carbons (Fsp3) is 0.409. The number of aliphatic hydroxyl groups excluding tert-OH is 3. The van der Waals surface area contributed by atoms with Crippen LogP contribution in [0.5, 0.6) is 0 Å². The number of aliphatic hydroxyl groups is 3. The van der Waals surface area contributed by atoms with Crippen molar-refractivity contribution in [3.8, 4) is 0 Å². The number of halogens is 1. The average molecular weight is 422 g/mol. The van der Waals surface area contributed by atoms with Crippen molar-refractivity contribution in [2.24, 2.45) is 5.16 Å². The summed E-state index contributed by atoms with van der Waals surface area (Å²) in [4.78, 5) is 4.69. The number of nitrogens with zero attached hydrogens (tertiary/aromatic N) is 1. The summed E-state index contributed by atoms with van der Waals surface area (Å²) >= 11 is 6.40. The van der Waals surface area contributed by atoms with Crippen LogP contribution in [0.2, 0.25) is 5.02 Å². The van der Waals surface area contributed by atoms with Crippen molar-refractivity contribution in [2.75, 3.05) is 20.8 Å². The molecule has 1 aliphatic heterocycles. The number of rotatable bonds is 6. The summed E-state index contributed by atoms with van der Waals surface area (Å²) in [5.41, 5.74) is 4.05. The van der Waals surface area contributed by atoms with Gasteiger partial charge in [0.1, 0.15) is 7.11 Å². The predicted molar refractivity (Wildman–Crippen MR) is 113 cm³/mol. The van der Waals surface area contributed by atoms with Gasteiger partial charge in [-0.1, -0.05) is 53.2 Å². The van der Waals surface area contributed by atoms with Crippen molar-refractivity contribution < 1.29 is 24.9 Å². The molecule has 2 aromatic rings. The highest BCUT2D eigenvalue weighted by atomic mass is 35.5. The lowest BCUT2D eigenvalue weighted by atomic mass is 9.94. The Morgan fingerprint density at radius 2 is 1.90 bits per heavy atom. The van der Waals surface area contributed by atoms with E-state index in [0.29, 0.717) is 24.3 Å². The molecule has 0 saturated carbocycles. The lowest BCUT2D eigenvalue weighted by molar-refractivity contribution is -0.113. The van der Waals surface area contributed by atoms with Crippen molar-refractivity contribution in [2.45, 2.75) is 37.6 Å². The highest BCUT2D eigenvalue weighted by molar-refractivity contribution is 6.31. The van der Waals surface area contributed by atoms with Crippen LogP contribution >= 0.6 is 11.6 Å². The van der Waals surface area contributed by atoms with Gasteiger partial charge in [0.25, 0.3) is 0 Å². The zero-order valence-corrected chi connectivity index (χ0v) is 17.4. The van der Waals surface area contributed by atoms with Crippen molar-refractivity contribution in [3.05, 3.63) is 69.7 Å². The van der Waals surface area contributed by atoms with Crippen LogP contribution in [0.4, 0.5) is 0 Å². The number of ether oxygens (including phenoxy) is 1. The molecule has 2 aromatic carbocycles. The first-order valence-electron chi connectivity index (χ1n) is 9.42. The first kappa shape index (κ1) is 23.3. The van der Waals surface area contributed by atoms with Crippen molar-refractivity contribution in [3.63, 3.8) is 0 Å². The van der Waals surface area contributed by atoms with Gasteiger partial charge in [-0.05, 0) is 34.7 Å². The van der Waals surface area contributed by atoms with E-state index in [2.05, 4.69) is 9.99 Å². The fourth-order valence-corrected chi connectivity index (χ4v) is 3.49. The topological polar surface area (TPSA) is 91.5 Å². The Bertz CT molecular complexity index is 781. The molecule has 0 aliphatic carbocycles. The van der Waals surface area contributed by atoms with Gasteiger partial charge in [-0.25, -0.2) is 0 Å².